The van der Waals surface area contributed by atoms with Crippen molar-refractivity contribution < 1.29 is 0 Å². The van der Waals surface area contributed by atoms with Crippen LogP contribution in [0, 0.1) is 0 Å². The molecule has 1 aromatic rings. The number of alkyl halides is 1. The van der Waals surface area contributed by atoms with Gasteiger partial charge in [0.1, 0.15) is 0 Å². The van der Waals surface area contributed by atoms with Crippen LogP contribution in [0.15, 0.2) is 40.6 Å². The number of aryl methyl sites for hydroxylation is 1. The molecule has 0 N–H and O–H groups in total. The molecule has 0 aliphatic rings. The van der Waals surface area contributed by atoms with E-state index in [-0.39, 0.29) is 5.54 Å². The topological polar surface area (TPSA) is 24.7 Å². The van der Waals surface area contributed by atoms with Crippen LogP contribution >= 0.6 is 11.6 Å². The van der Waals surface area contributed by atoms with E-state index in [9.17, 15) is 0 Å². The van der Waals surface area contributed by atoms with Crippen LogP contribution in [-0.2, 0) is 6.42 Å². The first kappa shape index (κ1) is 14.2. The lowest BCUT2D eigenvalue weighted by Crippen LogP contribution is -2.17. The van der Waals surface area contributed by atoms with Crippen LogP contribution in [-0.4, -0.2) is 10.5 Å². The van der Waals surface area contributed by atoms with E-state index >= 15 is 0 Å². The second-order valence-corrected chi connectivity index (χ2v) is 6.31. The fourth-order valence-corrected chi connectivity index (χ4v) is 1.45. The third-order valence-corrected chi connectivity index (χ3v) is 2.54. The summed E-state index contributed by atoms with van der Waals surface area (Å²) in [6.45, 7) is 7.95. The van der Waals surface area contributed by atoms with Gasteiger partial charge in [-0.05, 0) is 46.1 Å². The molecule has 0 aliphatic heterocycles. The Hall–Kier alpha value is -0.890. The molecule has 94 valence electrons. The monoisotopic (exact) mass is 252 g/mol. The number of benzene rings is 1. The van der Waals surface area contributed by atoms with Gasteiger partial charge >= 0.3 is 0 Å². The van der Waals surface area contributed by atoms with Crippen LogP contribution in [0.4, 0.5) is 0 Å². The van der Waals surface area contributed by atoms with Gasteiger partial charge in [-0.15, -0.1) is 0 Å². The molecular weight excluding hydrogens is 232 g/mol. The molecule has 0 fully saturated rings. The Kier molecular flexibility index (Phi) is 4.70. The third-order valence-electron chi connectivity index (χ3n) is 2.27. The zero-order valence-electron chi connectivity index (χ0n) is 11.1. The van der Waals surface area contributed by atoms with Gasteiger partial charge in [0.15, 0.2) is 5.00 Å². The van der Waals surface area contributed by atoms with Gasteiger partial charge in [-0.3, -0.25) is 0 Å². The van der Waals surface area contributed by atoms with E-state index in [1.165, 1.54) is 5.56 Å². The highest BCUT2D eigenvalue weighted by Crippen LogP contribution is 2.25. The molecule has 0 saturated heterocycles. The third kappa shape index (κ3) is 6.42. The van der Waals surface area contributed by atoms with E-state index in [0.29, 0.717) is 0 Å². The maximum Gasteiger partial charge on any atom is 0.152 e. The molecule has 1 atom stereocenters. The SMILES string of the molecule is CC(C)(C)N=NC(C)(Cl)CCc1ccccc1. The fourth-order valence-electron chi connectivity index (χ4n) is 1.32. The summed E-state index contributed by atoms with van der Waals surface area (Å²) < 4.78 is 0. The highest BCUT2D eigenvalue weighted by Gasteiger charge is 2.21. The van der Waals surface area contributed by atoms with Crippen LogP contribution < -0.4 is 0 Å². The van der Waals surface area contributed by atoms with Gasteiger partial charge in [0.2, 0.25) is 0 Å². The molecular formula is C14H21ClN2. The van der Waals surface area contributed by atoms with E-state index in [2.05, 4.69) is 22.4 Å². The molecule has 3 heteroatoms. The van der Waals surface area contributed by atoms with Gasteiger partial charge < -0.3 is 0 Å². The lowest BCUT2D eigenvalue weighted by atomic mass is 10.1. The van der Waals surface area contributed by atoms with Crippen molar-refractivity contribution in [3.8, 4) is 0 Å². The molecule has 0 amide bonds. The second-order valence-electron chi connectivity index (χ2n) is 5.50. The first-order valence-electron chi connectivity index (χ1n) is 5.95. The molecule has 17 heavy (non-hydrogen) atoms. The average molecular weight is 253 g/mol. The lowest BCUT2D eigenvalue weighted by Gasteiger charge is -2.18. The maximum atomic E-state index is 6.33. The predicted octanol–water partition coefficient (Wildman–Crippen LogP) is 4.82. The summed E-state index contributed by atoms with van der Waals surface area (Å²) >= 11 is 6.33. The fraction of sp³-hybridized carbons (Fsp3) is 0.571. The van der Waals surface area contributed by atoms with Crippen LogP contribution in [0.25, 0.3) is 0 Å². The minimum atomic E-state index is -0.608. The predicted molar refractivity (Wildman–Crippen MR) is 73.6 cm³/mol. The van der Waals surface area contributed by atoms with Gasteiger partial charge in [-0.25, -0.2) is 0 Å². The molecule has 1 unspecified atom stereocenters. The molecule has 0 bridgehead atoms. The minimum Gasteiger partial charge on any atom is -0.187 e. The number of halogens is 1. The van der Waals surface area contributed by atoms with E-state index in [1.54, 1.807) is 0 Å². The molecule has 0 radical (unpaired) electrons. The Morgan fingerprint density at radius 3 is 2.12 bits per heavy atom. The van der Waals surface area contributed by atoms with Crippen LogP contribution in [0.3, 0.4) is 0 Å². The first-order valence-corrected chi connectivity index (χ1v) is 6.33. The largest absolute Gasteiger partial charge is 0.187 e. The second kappa shape index (κ2) is 5.63. The Morgan fingerprint density at radius 2 is 1.59 bits per heavy atom. The molecule has 0 spiro atoms. The Balaban J connectivity index is 2.53. The summed E-state index contributed by atoms with van der Waals surface area (Å²) in [5, 5.41) is 8.47. The molecule has 0 heterocycles. The summed E-state index contributed by atoms with van der Waals surface area (Å²) in [6.07, 6.45) is 1.71. The Labute approximate surface area is 109 Å². The van der Waals surface area contributed by atoms with Crippen molar-refractivity contribution in [3.05, 3.63) is 35.9 Å². The molecule has 1 aromatic carbocycles. The molecule has 0 saturated carbocycles. The quantitative estimate of drug-likeness (QED) is 0.417. The standard InChI is InChI=1S/C14H21ClN2/c1-13(2,3)16-17-14(4,15)11-10-12-8-6-5-7-9-12/h5-9H,10-11H2,1-4H3. The summed E-state index contributed by atoms with van der Waals surface area (Å²) in [5.41, 5.74) is 1.12. The van der Waals surface area contributed by atoms with Crippen molar-refractivity contribution in [2.24, 2.45) is 10.2 Å². The summed E-state index contributed by atoms with van der Waals surface area (Å²) in [6, 6.07) is 10.3. The van der Waals surface area contributed by atoms with Crippen molar-refractivity contribution in [2.75, 3.05) is 0 Å². The van der Waals surface area contributed by atoms with Crippen LogP contribution in [0.1, 0.15) is 39.7 Å². The Morgan fingerprint density at radius 1 is 1.00 bits per heavy atom. The van der Waals surface area contributed by atoms with Gasteiger partial charge in [0.25, 0.3) is 0 Å². The number of rotatable bonds is 4. The summed E-state index contributed by atoms with van der Waals surface area (Å²) in [4.78, 5) is -0.608. The zero-order chi connectivity index (χ0) is 12.9. The minimum absolute atomic E-state index is 0.164. The van der Waals surface area contributed by atoms with E-state index in [1.807, 2.05) is 45.9 Å². The first-order chi connectivity index (χ1) is 7.79. The number of azo groups is 1. The number of hydrogen-bond acceptors (Lipinski definition) is 2. The molecule has 1 rings (SSSR count). The van der Waals surface area contributed by atoms with Crippen LogP contribution in [0.2, 0.25) is 0 Å². The Bertz CT molecular complexity index is 364. The van der Waals surface area contributed by atoms with Gasteiger partial charge in [0.05, 0.1) is 5.54 Å². The number of nitrogens with zero attached hydrogens (tertiary/aromatic N) is 2. The van der Waals surface area contributed by atoms with Crippen molar-refractivity contribution in [2.45, 2.75) is 51.1 Å². The number of hydrogen-bond donors (Lipinski definition) is 0. The summed E-state index contributed by atoms with van der Waals surface area (Å²) in [7, 11) is 0. The smallest absolute Gasteiger partial charge is 0.152 e. The molecule has 2 nitrogen and oxygen atoms in total. The van der Waals surface area contributed by atoms with Gasteiger partial charge in [0, 0.05) is 0 Å². The van der Waals surface area contributed by atoms with Crippen molar-refractivity contribution >= 4 is 11.6 Å². The van der Waals surface area contributed by atoms with Gasteiger partial charge in [-0.1, -0.05) is 41.9 Å². The highest BCUT2D eigenvalue weighted by atomic mass is 35.5. The maximum absolute atomic E-state index is 6.33. The van der Waals surface area contributed by atoms with Gasteiger partial charge in [-0.2, -0.15) is 10.2 Å². The normalized spacial score (nSPS) is 16.1. The lowest BCUT2D eigenvalue weighted by molar-refractivity contribution is 0.482. The van der Waals surface area contributed by atoms with Crippen molar-refractivity contribution in [1.82, 2.24) is 0 Å². The van der Waals surface area contributed by atoms with Crippen molar-refractivity contribution in [1.29, 1.82) is 0 Å². The van der Waals surface area contributed by atoms with Crippen LogP contribution in [0.5, 0.6) is 0 Å². The van der Waals surface area contributed by atoms with E-state index < -0.39 is 5.00 Å². The zero-order valence-corrected chi connectivity index (χ0v) is 11.8. The average Bonchev–Trinajstić information content (AvgIpc) is 2.25. The molecule has 0 aliphatic carbocycles. The van der Waals surface area contributed by atoms with E-state index in [4.69, 9.17) is 11.6 Å². The van der Waals surface area contributed by atoms with Crippen molar-refractivity contribution in [3.63, 3.8) is 0 Å². The molecule has 0 aromatic heterocycles. The van der Waals surface area contributed by atoms with E-state index in [0.717, 1.165) is 12.8 Å². The highest BCUT2D eigenvalue weighted by molar-refractivity contribution is 6.23. The summed E-state index contributed by atoms with van der Waals surface area (Å²) in [5.74, 6) is 0.